The van der Waals surface area contributed by atoms with Crippen molar-refractivity contribution in [2.75, 3.05) is 31.1 Å². The van der Waals surface area contributed by atoms with Gasteiger partial charge in [0.05, 0.1) is 20.6 Å². The quantitative estimate of drug-likeness (QED) is 0.579. The van der Waals surface area contributed by atoms with E-state index >= 15 is 0 Å². The van der Waals surface area contributed by atoms with Crippen LogP contribution in [-0.4, -0.2) is 42.0 Å². The molecule has 5 nitrogen and oxygen atoms in total. The first kappa shape index (κ1) is 19.8. The van der Waals surface area contributed by atoms with Gasteiger partial charge in [-0.05, 0) is 31.2 Å². The average Bonchev–Trinajstić information content (AvgIpc) is 3.33. The predicted molar refractivity (Wildman–Crippen MR) is 114 cm³/mol. The highest BCUT2D eigenvalue weighted by Crippen LogP contribution is 2.35. The zero-order chi connectivity index (χ0) is 20.5. The molecule has 0 bridgehead atoms. The molecule has 29 heavy (non-hydrogen) atoms. The van der Waals surface area contributed by atoms with Gasteiger partial charge >= 0.3 is 0 Å². The van der Waals surface area contributed by atoms with E-state index in [1.165, 1.54) is 28.7 Å². The number of piperazine rings is 1. The van der Waals surface area contributed by atoms with E-state index in [2.05, 4.69) is 4.98 Å². The highest BCUT2D eigenvalue weighted by molar-refractivity contribution is 7.24. The molecule has 0 unspecified atom stereocenters. The number of rotatable bonds is 3. The van der Waals surface area contributed by atoms with Gasteiger partial charge in [0, 0.05) is 26.2 Å². The van der Waals surface area contributed by atoms with Gasteiger partial charge in [-0.1, -0.05) is 17.7 Å². The molecule has 1 saturated heterocycles. The lowest BCUT2D eigenvalue weighted by Gasteiger charge is -2.36. The third-order valence-electron chi connectivity index (χ3n) is 4.79. The number of thiophene rings is 1. The van der Waals surface area contributed by atoms with Crippen molar-refractivity contribution in [2.45, 2.75) is 6.92 Å². The lowest BCUT2D eigenvalue weighted by Crippen LogP contribution is -2.49. The van der Waals surface area contributed by atoms with Crippen molar-refractivity contribution in [2.24, 2.45) is 0 Å². The molecule has 9 heteroatoms. The fraction of sp³-hybridized carbons (Fsp3) is 0.250. The summed E-state index contributed by atoms with van der Waals surface area (Å²) >= 11 is 8.82. The van der Waals surface area contributed by atoms with Crippen LogP contribution in [0, 0.1) is 24.1 Å². The summed E-state index contributed by atoms with van der Waals surface area (Å²) in [6.07, 6.45) is 0. The molecule has 0 aliphatic carbocycles. The number of hydrogen-bond acceptors (Lipinski definition) is 6. The van der Waals surface area contributed by atoms with Crippen molar-refractivity contribution in [3.63, 3.8) is 0 Å². The van der Waals surface area contributed by atoms with E-state index in [-0.39, 0.29) is 11.5 Å². The number of anilines is 1. The Morgan fingerprint density at radius 1 is 1.21 bits per heavy atom. The van der Waals surface area contributed by atoms with Crippen LogP contribution in [0.15, 0.2) is 30.3 Å². The van der Waals surface area contributed by atoms with Crippen molar-refractivity contribution in [3.05, 3.63) is 56.6 Å². The third kappa shape index (κ3) is 3.86. The molecule has 3 aromatic rings. The van der Waals surface area contributed by atoms with Crippen molar-refractivity contribution >= 4 is 45.9 Å². The lowest BCUT2D eigenvalue weighted by molar-refractivity contribution is 0.0750. The molecule has 0 radical (unpaired) electrons. The Morgan fingerprint density at radius 2 is 1.97 bits per heavy atom. The van der Waals surface area contributed by atoms with Gasteiger partial charge < -0.3 is 9.80 Å². The molecule has 4 rings (SSSR count). The van der Waals surface area contributed by atoms with Crippen LogP contribution >= 0.6 is 34.3 Å². The Labute approximate surface area is 180 Å². The van der Waals surface area contributed by atoms with Gasteiger partial charge in [0.2, 0.25) is 0 Å². The molecular weight excluding hydrogens is 431 g/mol. The summed E-state index contributed by atoms with van der Waals surface area (Å²) in [5.41, 5.74) is 1.33. The van der Waals surface area contributed by atoms with Crippen LogP contribution in [0.3, 0.4) is 0 Å². The zero-order valence-corrected chi connectivity index (χ0v) is 17.9. The number of nitrogens with zero attached hydrogens (tertiary/aromatic N) is 4. The first-order valence-electron chi connectivity index (χ1n) is 8.94. The van der Waals surface area contributed by atoms with Crippen LogP contribution in [-0.2, 0) is 0 Å². The standard InChI is InChI=1S/C20H16ClFN4OS2/c1-12-18(29-19(24-12)16-5-6-17(21)28-16)20(27)26-9-7-25(8-10-26)15-4-2-3-14(22)13(15)11-23/h2-6H,7-10H2,1H3. The fourth-order valence-corrected chi connectivity index (χ4v) is 5.44. The minimum atomic E-state index is -0.523. The Balaban J connectivity index is 1.48. The third-order valence-corrected chi connectivity index (χ3v) is 7.33. The fourth-order valence-electron chi connectivity index (χ4n) is 3.31. The molecule has 1 aromatic carbocycles. The Morgan fingerprint density at radius 3 is 2.62 bits per heavy atom. The van der Waals surface area contributed by atoms with E-state index in [0.29, 0.717) is 46.8 Å². The summed E-state index contributed by atoms with van der Waals surface area (Å²) < 4.78 is 14.6. The second kappa shape index (κ2) is 8.11. The number of hydrogen-bond donors (Lipinski definition) is 0. The summed E-state index contributed by atoms with van der Waals surface area (Å²) in [5.74, 6) is -0.571. The molecule has 1 amide bonds. The van der Waals surface area contributed by atoms with Crippen molar-refractivity contribution in [3.8, 4) is 16.0 Å². The summed E-state index contributed by atoms with van der Waals surface area (Å²) in [6, 6.07) is 10.3. The number of aromatic nitrogens is 1. The van der Waals surface area contributed by atoms with Crippen LogP contribution in [0.2, 0.25) is 4.34 Å². The van der Waals surface area contributed by atoms with Crippen LogP contribution in [0.4, 0.5) is 10.1 Å². The molecular formula is C20H16ClFN4OS2. The van der Waals surface area contributed by atoms with Crippen molar-refractivity contribution < 1.29 is 9.18 Å². The van der Waals surface area contributed by atoms with Gasteiger partial charge in [-0.25, -0.2) is 9.37 Å². The molecule has 1 aliphatic heterocycles. The van der Waals surface area contributed by atoms with Crippen LogP contribution in [0.5, 0.6) is 0 Å². The van der Waals surface area contributed by atoms with Crippen LogP contribution in [0.25, 0.3) is 9.88 Å². The Hall–Kier alpha value is -2.47. The first-order valence-corrected chi connectivity index (χ1v) is 10.9. The predicted octanol–water partition coefficient (Wildman–Crippen LogP) is 4.81. The van der Waals surface area contributed by atoms with Crippen molar-refractivity contribution in [1.29, 1.82) is 5.26 Å². The second-order valence-corrected chi connectivity index (χ2v) is 9.28. The summed E-state index contributed by atoms with van der Waals surface area (Å²) in [7, 11) is 0. The zero-order valence-electron chi connectivity index (χ0n) is 15.5. The molecule has 0 N–H and O–H groups in total. The van der Waals surface area contributed by atoms with E-state index in [4.69, 9.17) is 11.6 Å². The number of carbonyl (C=O) groups excluding carboxylic acids is 1. The molecule has 3 heterocycles. The topological polar surface area (TPSA) is 60.2 Å². The SMILES string of the molecule is Cc1nc(-c2ccc(Cl)s2)sc1C(=O)N1CCN(c2cccc(F)c2C#N)CC1. The summed E-state index contributed by atoms with van der Waals surface area (Å²) in [4.78, 5) is 22.9. The number of nitriles is 1. The smallest absolute Gasteiger partial charge is 0.265 e. The maximum Gasteiger partial charge on any atom is 0.265 e. The van der Waals surface area contributed by atoms with Crippen molar-refractivity contribution in [1.82, 2.24) is 9.88 Å². The minimum absolute atomic E-state index is 0.0461. The van der Waals surface area contributed by atoms with Gasteiger partial charge in [0.25, 0.3) is 5.91 Å². The van der Waals surface area contributed by atoms with Gasteiger partial charge in [0.1, 0.15) is 27.3 Å². The average molecular weight is 447 g/mol. The number of amides is 1. The van der Waals surface area contributed by atoms with E-state index in [9.17, 15) is 14.4 Å². The minimum Gasteiger partial charge on any atom is -0.367 e. The van der Waals surface area contributed by atoms with E-state index in [1.54, 1.807) is 17.0 Å². The highest BCUT2D eigenvalue weighted by atomic mass is 35.5. The maximum absolute atomic E-state index is 13.9. The van der Waals surface area contributed by atoms with Gasteiger partial charge in [-0.3, -0.25) is 4.79 Å². The van der Waals surface area contributed by atoms with Crippen LogP contribution < -0.4 is 4.90 Å². The number of thiazole rings is 1. The lowest BCUT2D eigenvalue weighted by atomic mass is 10.1. The molecule has 1 fully saturated rings. The van der Waals surface area contributed by atoms with E-state index in [1.807, 2.05) is 30.0 Å². The molecule has 0 saturated carbocycles. The Bertz CT molecular complexity index is 1110. The van der Waals surface area contributed by atoms with E-state index < -0.39 is 5.82 Å². The molecule has 2 aromatic heterocycles. The number of benzene rings is 1. The number of halogens is 2. The summed E-state index contributed by atoms with van der Waals surface area (Å²) in [5, 5.41) is 10.0. The van der Waals surface area contributed by atoms with Gasteiger partial charge in [-0.15, -0.1) is 22.7 Å². The second-order valence-electron chi connectivity index (χ2n) is 6.56. The molecule has 148 valence electrons. The highest BCUT2D eigenvalue weighted by Gasteiger charge is 2.27. The van der Waals surface area contributed by atoms with Crippen LogP contribution in [0.1, 0.15) is 20.9 Å². The van der Waals surface area contributed by atoms with Gasteiger partial charge in [0.15, 0.2) is 0 Å². The van der Waals surface area contributed by atoms with Gasteiger partial charge in [-0.2, -0.15) is 5.26 Å². The largest absolute Gasteiger partial charge is 0.367 e. The molecule has 0 atom stereocenters. The number of carbonyl (C=O) groups is 1. The first-order chi connectivity index (χ1) is 14.0. The molecule has 1 aliphatic rings. The molecule has 0 spiro atoms. The monoisotopic (exact) mass is 446 g/mol. The Kier molecular flexibility index (Phi) is 5.54. The summed E-state index contributed by atoms with van der Waals surface area (Å²) in [6.45, 7) is 3.91. The number of aryl methyl sites for hydroxylation is 1. The normalized spacial score (nSPS) is 14.1. The maximum atomic E-state index is 13.9. The van der Waals surface area contributed by atoms with E-state index in [0.717, 1.165) is 9.88 Å².